The number of aryl methyl sites for hydroxylation is 2. The molecule has 3 rings (SSSR count). The molecule has 1 N–H and O–H groups in total. The van der Waals surface area contributed by atoms with Crippen LogP contribution in [0.3, 0.4) is 0 Å². The van der Waals surface area contributed by atoms with Gasteiger partial charge in [0.05, 0.1) is 0 Å². The summed E-state index contributed by atoms with van der Waals surface area (Å²) in [5.41, 5.74) is 0. The SMILES string of the molecule is Cc1nc(S(=O)(=O)N2CCC(Nc3cc(N(C)C)ncn3)CC2)cn1C. The van der Waals surface area contributed by atoms with Crippen molar-refractivity contribution < 1.29 is 8.42 Å². The van der Waals surface area contributed by atoms with Crippen LogP contribution in [0.15, 0.2) is 23.6 Å². The van der Waals surface area contributed by atoms with Crippen LogP contribution in [0, 0.1) is 6.92 Å². The van der Waals surface area contributed by atoms with E-state index in [4.69, 9.17) is 0 Å². The summed E-state index contributed by atoms with van der Waals surface area (Å²) in [5, 5.41) is 3.50. The molecule has 0 aromatic carbocycles. The maximum atomic E-state index is 12.7. The number of imidazole rings is 1. The highest BCUT2D eigenvalue weighted by molar-refractivity contribution is 7.89. The minimum atomic E-state index is -3.54. The molecule has 1 aliphatic heterocycles. The lowest BCUT2D eigenvalue weighted by Gasteiger charge is -2.31. The van der Waals surface area contributed by atoms with E-state index in [1.807, 2.05) is 25.1 Å². The van der Waals surface area contributed by atoms with Gasteiger partial charge in [-0.15, -0.1) is 0 Å². The van der Waals surface area contributed by atoms with Gasteiger partial charge in [0.2, 0.25) is 0 Å². The Morgan fingerprint density at radius 1 is 1.23 bits per heavy atom. The third-order valence-electron chi connectivity index (χ3n) is 4.61. The van der Waals surface area contributed by atoms with Crippen LogP contribution >= 0.6 is 0 Å². The Kier molecular flexibility index (Phi) is 5.15. The molecule has 0 spiro atoms. The minimum Gasteiger partial charge on any atom is -0.367 e. The largest absolute Gasteiger partial charge is 0.367 e. The fraction of sp³-hybridized carbons (Fsp3) is 0.562. The van der Waals surface area contributed by atoms with Crippen molar-refractivity contribution in [3.05, 3.63) is 24.4 Å². The topological polar surface area (TPSA) is 96.2 Å². The highest BCUT2D eigenvalue weighted by atomic mass is 32.2. The molecule has 0 aliphatic carbocycles. The zero-order chi connectivity index (χ0) is 18.9. The molecule has 0 unspecified atom stereocenters. The van der Waals surface area contributed by atoms with Gasteiger partial charge in [0, 0.05) is 52.5 Å². The summed E-state index contributed by atoms with van der Waals surface area (Å²) in [7, 11) is 2.11. The van der Waals surface area contributed by atoms with Gasteiger partial charge < -0.3 is 14.8 Å². The summed E-state index contributed by atoms with van der Waals surface area (Å²) in [4.78, 5) is 14.5. The van der Waals surface area contributed by atoms with Crippen molar-refractivity contribution in [2.45, 2.75) is 30.8 Å². The third-order valence-corrected chi connectivity index (χ3v) is 6.38. The Labute approximate surface area is 154 Å². The van der Waals surface area contributed by atoms with Crippen LogP contribution in [0.25, 0.3) is 0 Å². The molecule has 0 bridgehead atoms. The lowest BCUT2D eigenvalue weighted by atomic mass is 10.1. The lowest BCUT2D eigenvalue weighted by Crippen LogP contribution is -2.42. The Morgan fingerprint density at radius 2 is 1.92 bits per heavy atom. The van der Waals surface area contributed by atoms with Crippen LogP contribution in [0.1, 0.15) is 18.7 Å². The van der Waals surface area contributed by atoms with Gasteiger partial charge in [0.15, 0.2) is 5.03 Å². The van der Waals surface area contributed by atoms with E-state index in [1.165, 1.54) is 10.6 Å². The van der Waals surface area contributed by atoms with Crippen LogP contribution in [-0.4, -0.2) is 65.5 Å². The number of hydrogen-bond acceptors (Lipinski definition) is 7. The number of nitrogens with one attached hydrogen (secondary N) is 1. The molecule has 3 heterocycles. The molecular formula is C16H25N7O2S. The summed E-state index contributed by atoms with van der Waals surface area (Å²) in [6, 6.07) is 2.07. The van der Waals surface area contributed by atoms with Gasteiger partial charge in [-0.05, 0) is 19.8 Å². The number of hydrogen-bond donors (Lipinski definition) is 1. The van der Waals surface area contributed by atoms with E-state index in [0.717, 1.165) is 11.6 Å². The number of rotatable bonds is 5. The van der Waals surface area contributed by atoms with Crippen LogP contribution in [0.4, 0.5) is 11.6 Å². The van der Waals surface area contributed by atoms with Crippen molar-refractivity contribution in [2.75, 3.05) is 37.4 Å². The quantitative estimate of drug-likeness (QED) is 0.823. The molecule has 0 saturated carbocycles. The maximum Gasteiger partial charge on any atom is 0.262 e. The minimum absolute atomic E-state index is 0.121. The first-order valence-electron chi connectivity index (χ1n) is 8.53. The standard InChI is InChI=1S/C16H25N7O2S/c1-12-19-16(10-22(12)4)26(24,25)23-7-5-13(6-8-23)20-14-9-15(21(2)3)18-11-17-14/h9-11,13H,5-8H2,1-4H3,(H,17,18,20). The van der Waals surface area contributed by atoms with E-state index >= 15 is 0 Å². The van der Waals surface area contributed by atoms with Crippen LogP contribution in [-0.2, 0) is 17.1 Å². The average molecular weight is 379 g/mol. The highest BCUT2D eigenvalue weighted by Crippen LogP contribution is 2.22. The van der Waals surface area contributed by atoms with Crippen molar-refractivity contribution in [1.29, 1.82) is 0 Å². The predicted octanol–water partition coefficient (Wildman–Crippen LogP) is 0.850. The molecule has 0 radical (unpaired) electrons. The number of sulfonamides is 1. The molecule has 2 aromatic rings. The second-order valence-corrected chi connectivity index (χ2v) is 8.60. The monoisotopic (exact) mass is 379 g/mol. The summed E-state index contributed by atoms with van der Waals surface area (Å²) in [6.45, 7) is 2.71. The zero-order valence-corrected chi connectivity index (χ0v) is 16.4. The van der Waals surface area contributed by atoms with Gasteiger partial charge in [-0.2, -0.15) is 4.31 Å². The highest BCUT2D eigenvalue weighted by Gasteiger charge is 2.31. The van der Waals surface area contributed by atoms with Crippen molar-refractivity contribution in [3.63, 3.8) is 0 Å². The van der Waals surface area contributed by atoms with E-state index in [0.29, 0.717) is 31.8 Å². The van der Waals surface area contributed by atoms with E-state index in [1.54, 1.807) is 24.7 Å². The zero-order valence-electron chi connectivity index (χ0n) is 15.5. The van der Waals surface area contributed by atoms with Gasteiger partial charge in [-0.3, -0.25) is 0 Å². The Balaban J connectivity index is 1.63. The smallest absolute Gasteiger partial charge is 0.262 e. The summed E-state index contributed by atoms with van der Waals surface area (Å²) in [5.74, 6) is 2.26. The van der Waals surface area contributed by atoms with Gasteiger partial charge in [-0.1, -0.05) is 0 Å². The normalized spacial score (nSPS) is 16.6. The second-order valence-electron chi connectivity index (χ2n) is 6.72. The molecule has 1 saturated heterocycles. The number of anilines is 2. The van der Waals surface area contributed by atoms with Gasteiger partial charge in [0.25, 0.3) is 10.0 Å². The van der Waals surface area contributed by atoms with E-state index < -0.39 is 10.0 Å². The maximum absolute atomic E-state index is 12.7. The van der Waals surface area contributed by atoms with E-state index in [9.17, 15) is 8.42 Å². The van der Waals surface area contributed by atoms with Crippen LogP contribution < -0.4 is 10.2 Å². The van der Waals surface area contributed by atoms with Crippen molar-refractivity contribution in [1.82, 2.24) is 23.8 Å². The van der Waals surface area contributed by atoms with E-state index in [-0.39, 0.29) is 11.1 Å². The average Bonchev–Trinajstić information content (AvgIpc) is 2.95. The van der Waals surface area contributed by atoms with E-state index in [2.05, 4.69) is 20.3 Å². The van der Waals surface area contributed by atoms with Crippen LogP contribution in [0.5, 0.6) is 0 Å². The summed E-state index contributed by atoms with van der Waals surface area (Å²) >= 11 is 0. The van der Waals surface area contributed by atoms with Gasteiger partial charge in [0.1, 0.15) is 23.8 Å². The lowest BCUT2D eigenvalue weighted by molar-refractivity contribution is 0.328. The first-order chi connectivity index (χ1) is 12.3. The number of aromatic nitrogens is 4. The number of nitrogens with zero attached hydrogens (tertiary/aromatic N) is 6. The van der Waals surface area contributed by atoms with Gasteiger partial charge >= 0.3 is 0 Å². The molecule has 1 aliphatic rings. The Hall–Kier alpha value is -2.20. The molecule has 26 heavy (non-hydrogen) atoms. The molecule has 1 fully saturated rings. The molecule has 142 valence electrons. The first kappa shape index (κ1) is 18.6. The molecular weight excluding hydrogens is 354 g/mol. The first-order valence-corrected chi connectivity index (χ1v) is 9.97. The fourth-order valence-electron chi connectivity index (χ4n) is 2.90. The van der Waals surface area contributed by atoms with Crippen molar-refractivity contribution >= 4 is 21.7 Å². The predicted molar refractivity (Wildman–Crippen MR) is 99.7 cm³/mol. The molecule has 2 aromatic heterocycles. The number of piperidine rings is 1. The summed E-state index contributed by atoms with van der Waals surface area (Å²) in [6.07, 6.45) is 4.53. The fourth-order valence-corrected chi connectivity index (χ4v) is 4.40. The molecule has 0 atom stereocenters. The molecule has 9 nitrogen and oxygen atoms in total. The Bertz CT molecular complexity index is 851. The van der Waals surface area contributed by atoms with Crippen molar-refractivity contribution in [2.24, 2.45) is 7.05 Å². The van der Waals surface area contributed by atoms with Crippen LogP contribution in [0.2, 0.25) is 0 Å². The summed E-state index contributed by atoms with van der Waals surface area (Å²) < 4.78 is 28.7. The second kappa shape index (κ2) is 7.20. The van der Waals surface area contributed by atoms with Gasteiger partial charge in [-0.25, -0.2) is 23.4 Å². The Morgan fingerprint density at radius 3 is 2.50 bits per heavy atom. The van der Waals surface area contributed by atoms with Crippen molar-refractivity contribution in [3.8, 4) is 0 Å². The molecule has 0 amide bonds. The third kappa shape index (κ3) is 3.80. The molecule has 10 heteroatoms.